The molecule has 19 heavy (non-hydrogen) atoms. The zero-order valence-electron chi connectivity index (χ0n) is 12.3. The van der Waals surface area contributed by atoms with Gasteiger partial charge in [-0.3, -0.25) is 0 Å². The van der Waals surface area contributed by atoms with Crippen LogP contribution in [0.3, 0.4) is 0 Å². The second-order valence-corrected chi connectivity index (χ2v) is 5.12. The Morgan fingerprint density at radius 2 is 1.89 bits per heavy atom. The third-order valence-corrected chi connectivity index (χ3v) is 3.03. The molecule has 4 heteroatoms. The fourth-order valence-electron chi connectivity index (χ4n) is 2.03. The topological polar surface area (TPSA) is 43.8 Å². The Labute approximate surface area is 115 Å². The van der Waals surface area contributed by atoms with Gasteiger partial charge in [0, 0.05) is 19.6 Å². The van der Waals surface area contributed by atoms with E-state index in [-0.39, 0.29) is 0 Å². The van der Waals surface area contributed by atoms with Gasteiger partial charge in [-0.1, -0.05) is 13.0 Å². The van der Waals surface area contributed by atoms with E-state index in [1.165, 1.54) is 0 Å². The summed E-state index contributed by atoms with van der Waals surface area (Å²) < 4.78 is 0. The zero-order chi connectivity index (χ0) is 14.4. The van der Waals surface area contributed by atoms with Gasteiger partial charge in [0.1, 0.15) is 0 Å². The van der Waals surface area contributed by atoms with Crippen molar-refractivity contribution < 1.29 is 9.90 Å². The second kappa shape index (κ2) is 7.14. The van der Waals surface area contributed by atoms with E-state index in [1.54, 1.807) is 6.07 Å². The van der Waals surface area contributed by atoms with Gasteiger partial charge in [0.15, 0.2) is 0 Å². The van der Waals surface area contributed by atoms with Crippen molar-refractivity contribution in [1.82, 2.24) is 4.90 Å². The molecule has 1 aromatic carbocycles. The summed E-state index contributed by atoms with van der Waals surface area (Å²) in [6.07, 6.45) is 1.00. The number of carboxylic acids is 1. The van der Waals surface area contributed by atoms with Crippen molar-refractivity contribution in [2.24, 2.45) is 0 Å². The molecule has 0 radical (unpaired) electrons. The Kier molecular flexibility index (Phi) is 5.83. The number of aromatic carboxylic acids is 1. The summed E-state index contributed by atoms with van der Waals surface area (Å²) in [6.45, 7) is 6.72. The van der Waals surface area contributed by atoms with E-state index < -0.39 is 5.97 Å². The monoisotopic (exact) mass is 264 g/mol. The molecule has 0 unspecified atom stereocenters. The van der Waals surface area contributed by atoms with E-state index in [9.17, 15) is 9.90 Å². The van der Waals surface area contributed by atoms with Crippen LogP contribution in [0.15, 0.2) is 18.2 Å². The molecule has 0 aliphatic rings. The molecule has 106 valence electrons. The summed E-state index contributed by atoms with van der Waals surface area (Å²) in [7, 11) is 4.05. The summed E-state index contributed by atoms with van der Waals surface area (Å²) in [5, 5.41) is 9.31. The lowest BCUT2D eigenvalue weighted by molar-refractivity contribution is 0.0697. The van der Waals surface area contributed by atoms with Crippen LogP contribution in [0.4, 0.5) is 5.69 Å². The van der Waals surface area contributed by atoms with Crippen LogP contribution in [0, 0.1) is 6.92 Å². The van der Waals surface area contributed by atoms with Gasteiger partial charge in [-0.15, -0.1) is 0 Å². The van der Waals surface area contributed by atoms with Crippen LogP contribution < -0.4 is 4.90 Å². The SMILES string of the molecule is CCCN(CCN(C)C)c1cc(C)ccc1C(=O)O. The molecule has 1 N–H and O–H groups in total. The molecule has 0 spiro atoms. The highest BCUT2D eigenvalue weighted by Crippen LogP contribution is 2.22. The lowest BCUT2D eigenvalue weighted by Crippen LogP contribution is -2.33. The Morgan fingerprint density at radius 1 is 1.21 bits per heavy atom. The van der Waals surface area contributed by atoms with Crippen molar-refractivity contribution in [3.8, 4) is 0 Å². The van der Waals surface area contributed by atoms with Crippen LogP contribution in [0.25, 0.3) is 0 Å². The highest BCUT2D eigenvalue weighted by atomic mass is 16.4. The van der Waals surface area contributed by atoms with Gasteiger partial charge in [-0.05, 0) is 45.1 Å². The molecule has 1 aromatic rings. The first-order chi connectivity index (χ1) is 8.95. The smallest absolute Gasteiger partial charge is 0.337 e. The molecule has 1 rings (SSSR count). The number of benzene rings is 1. The minimum atomic E-state index is -0.860. The molecule has 0 aromatic heterocycles. The molecule has 0 saturated carbocycles. The summed E-state index contributed by atoms with van der Waals surface area (Å²) in [6, 6.07) is 5.52. The first-order valence-electron chi connectivity index (χ1n) is 6.69. The lowest BCUT2D eigenvalue weighted by atomic mass is 10.1. The predicted molar refractivity (Wildman–Crippen MR) is 79.2 cm³/mol. The summed E-state index contributed by atoms with van der Waals surface area (Å²) >= 11 is 0. The Morgan fingerprint density at radius 3 is 2.42 bits per heavy atom. The van der Waals surface area contributed by atoms with Gasteiger partial charge in [-0.25, -0.2) is 4.79 Å². The van der Waals surface area contributed by atoms with Crippen molar-refractivity contribution >= 4 is 11.7 Å². The van der Waals surface area contributed by atoms with E-state index in [0.29, 0.717) is 5.56 Å². The molecule has 0 aliphatic heterocycles. The number of nitrogens with zero attached hydrogens (tertiary/aromatic N) is 2. The van der Waals surface area contributed by atoms with E-state index >= 15 is 0 Å². The fourth-order valence-corrected chi connectivity index (χ4v) is 2.03. The van der Waals surface area contributed by atoms with Crippen molar-refractivity contribution in [3.63, 3.8) is 0 Å². The van der Waals surface area contributed by atoms with Gasteiger partial charge in [0.25, 0.3) is 0 Å². The number of aryl methyl sites for hydroxylation is 1. The Bertz CT molecular complexity index is 430. The number of carbonyl (C=O) groups is 1. The maximum atomic E-state index is 11.3. The number of likely N-dealkylation sites (N-methyl/N-ethyl adjacent to an activating group) is 1. The fraction of sp³-hybridized carbons (Fsp3) is 0.533. The largest absolute Gasteiger partial charge is 0.478 e. The van der Waals surface area contributed by atoms with Crippen molar-refractivity contribution in [2.45, 2.75) is 20.3 Å². The third-order valence-electron chi connectivity index (χ3n) is 3.03. The average Bonchev–Trinajstić information content (AvgIpc) is 2.33. The first kappa shape index (κ1) is 15.5. The predicted octanol–water partition coefficient (Wildman–Crippen LogP) is 2.47. The van der Waals surface area contributed by atoms with Gasteiger partial charge in [0.05, 0.1) is 11.3 Å². The highest BCUT2D eigenvalue weighted by Gasteiger charge is 2.15. The Balaban J connectivity index is 3.05. The molecular formula is C15H24N2O2. The maximum Gasteiger partial charge on any atom is 0.337 e. The highest BCUT2D eigenvalue weighted by molar-refractivity contribution is 5.94. The Hall–Kier alpha value is -1.55. The number of anilines is 1. The van der Waals surface area contributed by atoms with Crippen molar-refractivity contribution in [2.75, 3.05) is 38.6 Å². The summed E-state index contributed by atoms with van der Waals surface area (Å²) in [4.78, 5) is 15.6. The van der Waals surface area contributed by atoms with Gasteiger partial charge >= 0.3 is 5.97 Å². The summed E-state index contributed by atoms with van der Waals surface area (Å²) in [5.74, 6) is -0.860. The molecule has 0 amide bonds. The number of hydrogen-bond acceptors (Lipinski definition) is 3. The van der Waals surface area contributed by atoms with Crippen LogP contribution in [0.1, 0.15) is 29.3 Å². The number of carboxylic acid groups (broad SMARTS) is 1. The van der Waals surface area contributed by atoms with Crippen LogP contribution in [0.2, 0.25) is 0 Å². The van der Waals surface area contributed by atoms with Crippen molar-refractivity contribution in [3.05, 3.63) is 29.3 Å². The van der Waals surface area contributed by atoms with E-state index in [1.807, 2.05) is 33.2 Å². The van der Waals surface area contributed by atoms with Gasteiger partial charge < -0.3 is 14.9 Å². The minimum absolute atomic E-state index is 0.387. The molecule has 0 saturated heterocycles. The average molecular weight is 264 g/mol. The molecule has 4 nitrogen and oxygen atoms in total. The molecule has 0 fully saturated rings. The molecule has 0 atom stereocenters. The normalized spacial score (nSPS) is 10.8. The number of rotatable bonds is 7. The second-order valence-electron chi connectivity index (χ2n) is 5.12. The first-order valence-corrected chi connectivity index (χ1v) is 6.69. The standard InChI is InChI=1S/C15H24N2O2/c1-5-8-17(10-9-16(3)4)14-11-12(2)6-7-13(14)15(18)19/h6-7,11H,5,8-10H2,1-4H3,(H,18,19). The van der Waals surface area contributed by atoms with Crippen LogP contribution in [0.5, 0.6) is 0 Å². The molecule has 0 bridgehead atoms. The summed E-state index contributed by atoms with van der Waals surface area (Å²) in [5.41, 5.74) is 2.31. The van der Waals surface area contributed by atoms with Gasteiger partial charge in [0.2, 0.25) is 0 Å². The lowest BCUT2D eigenvalue weighted by Gasteiger charge is -2.27. The van der Waals surface area contributed by atoms with E-state index in [2.05, 4.69) is 16.7 Å². The van der Waals surface area contributed by atoms with Gasteiger partial charge in [-0.2, -0.15) is 0 Å². The molecular weight excluding hydrogens is 240 g/mol. The quantitative estimate of drug-likeness (QED) is 0.821. The molecule has 0 aliphatic carbocycles. The zero-order valence-corrected chi connectivity index (χ0v) is 12.3. The number of hydrogen-bond donors (Lipinski definition) is 1. The van der Waals surface area contributed by atoms with Crippen LogP contribution in [-0.2, 0) is 0 Å². The van der Waals surface area contributed by atoms with Crippen molar-refractivity contribution in [1.29, 1.82) is 0 Å². The van der Waals surface area contributed by atoms with E-state index in [0.717, 1.165) is 37.3 Å². The third kappa shape index (κ3) is 4.56. The maximum absolute atomic E-state index is 11.3. The van der Waals surface area contributed by atoms with E-state index in [4.69, 9.17) is 0 Å². The molecule has 0 heterocycles. The van der Waals surface area contributed by atoms with Crippen LogP contribution >= 0.6 is 0 Å². The van der Waals surface area contributed by atoms with Crippen LogP contribution in [-0.4, -0.2) is 49.7 Å². The minimum Gasteiger partial charge on any atom is -0.478 e.